The van der Waals surface area contributed by atoms with E-state index >= 15 is 0 Å². The third-order valence-electron chi connectivity index (χ3n) is 4.07. The minimum absolute atomic E-state index is 0.0161. The lowest BCUT2D eigenvalue weighted by atomic mass is 10.2. The number of benzene rings is 1. The van der Waals surface area contributed by atoms with Gasteiger partial charge < -0.3 is 5.32 Å². The Morgan fingerprint density at radius 3 is 2.38 bits per heavy atom. The third-order valence-corrected chi connectivity index (χ3v) is 5.89. The largest absolute Gasteiger partial charge is 0.355 e. The zero-order valence-corrected chi connectivity index (χ0v) is 16.8. The van der Waals surface area contributed by atoms with Crippen LogP contribution in [0.2, 0.25) is 5.02 Å². The minimum atomic E-state index is -3.47. The number of carbonyl (C=O) groups excluding carboxylic acids is 1. The number of nitrogens with zero attached hydrogens (tertiary/aromatic N) is 2. The quantitative estimate of drug-likeness (QED) is 0.761. The van der Waals surface area contributed by atoms with Crippen molar-refractivity contribution in [1.82, 2.24) is 14.5 Å². The molecule has 1 N–H and O–H groups in total. The second-order valence-corrected chi connectivity index (χ2v) is 9.03. The average molecular weight is 400 g/mol. The molecule has 0 spiro atoms. The van der Waals surface area contributed by atoms with Crippen molar-refractivity contribution in [3.8, 4) is 0 Å². The van der Waals surface area contributed by atoms with Crippen LogP contribution in [0.1, 0.15) is 19.4 Å². The zero-order chi connectivity index (χ0) is 19.2. The first kappa shape index (κ1) is 20.9. The molecule has 1 aromatic carbocycles. The summed E-state index contributed by atoms with van der Waals surface area (Å²) in [7, 11) is -3.47. The lowest BCUT2D eigenvalue weighted by Gasteiger charge is -2.32. The minimum Gasteiger partial charge on any atom is -0.355 e. The first-order valence-corrected chi connectivity index (χ1v) is 10.6. The molecule has 0 radical (unpaired) electrons. The van der Waals surface area contributed by atoms with E-state index in [1.807, 2.05) is 18.7 Å². The van der Waals surface area contributed by atoms with E-state index in [2.05, 4.69) is 5.32 Å². The van der Waals surface area contributed by atoms with Crippen molar-refractivity contribution < 1.29 is 13.2 Å². The summed E-state index contributed by atoms with van der Waals surface area (Å²) in [6.45, 7) is 6.90. The van der Waals surface area contributed by atoms with Gasteiger partial charge in [0.2, 0.25) is 15.9 Å². The molecule has 0 unspecified atom stereocenters. The summed E-state index contributed by atoms with van der Waals surface area (Å²) in [5.41, 5.74) is 0.776. The van der Waals surface area contributed by atoms with Gasteiger partial charge in [0.05, 0.1) is 6.54 Å². The molecular weight excluding hydrogens is 374 g/mol. The second-order valence-electron chi connectivity index (χ2n) is 6.77. The van der Waals surface area contributed by atoms with Crippen LogP contribution in [0.5, 0.6) is 0 Å². The van der Waals surface area contributed by atoms with Crippen LogP contribution in [-0.4, -0.2) is 62.8 Å². The van der Waals surface area contributed by atoms with Gasteiger partial charge in [-0.2, -0.15) is 4.31 Å². The van der Waals surface area contributed by atoms with E-state index in [0.717, 1.165) is 5.56 Å². The van der Waals surface area contributed by atoms with Crippen LogP contribution in [0.4, 0.5) is 0 Å². The number of sulfonamides is 1. The Kier molecular flexibility index (Phi) is 7.64. The molecule has 1 aliphatic heterocycles. The summed E-state index contributed by atoms with van der Waals surface area (Å²) < 4.78 is 26.3. The zero-order valence-electron chi connectivity index (χ0n) is 15.2. The molecule has 1 amide bonds. The normalized spacial score (nSPS) is 17.1. The fourth-order valence-corrected chi connectivity index (χ4v) is 3.84. The highest BCUT2D eigenvalue weighted by Gasteiger charge is 2.25. The highest BCUT2D eigenvalue weighted by molar-refractivity contribution is 7.92. The lowest BCUT2D eigenvalue weighted by Crippen LogP contribution is -2.50. The molecule has 1 aromatic rings. The van der Waals surface area contributed by atoms with Gasteiger partial charge in [-0.15, -0.1) is 0 Å². The van der Waals surface area contributed by atoms with Crippen molar-refractivity contribution in [1.29, 1.82) is 0 Å². The molecule has 0 atom stereocenters. The summed E-state index contributed by atoms with van der Waals surface area (Å²) in [4.78, 5) is 13.8. The fraction of sp³-hybridized carbons (Fsp3) is 0.500. The van der Waals surface area contributed by atoms with Crippen LogP contribution in [0.25, 0.3) is 6.08 Å². The van der Waals surface area contributed by atoms with Crippen molar-refractivity contribution in [2.24, 2.45) is 5.92 Å². The van der Waals surface area contributed by atoms with Crippen molar-refractivity contribution in [3.05, 3.63) is 40.3 Å². The van der Waals surface area contributed by atoms with Gasteiger partial charge in [0.15, 0.2) is 0 Å². The lowest BCUT2D eigenvalue weighted by molar-refractivity contribution is -0.122. The van der Waals surface area contributed by atoms with E-state index in [4.69, 9.17) is 11.6 Å². The molecule has 1 heterocycles. The predicted molar refractivity (Wildman–Crippen MR) is 105 cm³/mol. The summed E-state index contributed by atoms with van der Waals surface area (Å²) in [5, 5.41) is 4.71. The number of carbonyl (C=O) groups is 1. The van der Waals surface area contributed by atoms with E-state index in [9.17, 15) is 13.2 Å². The van der Waals surface area contributed by atoms with Gasteiger partial charge in [0.25, 0.3) is 0 Å². The van der Waals surface area contributed by atoms with Crippen LogP contribution in [0.3, 0.4) is 0 Å². The topological polar surface area (TPSA) is 69.7 Å². The first-order valence-electron chi connectivity index (χ1n) is 8.69. The second kappa shape index (κ2) is 9.50. The predicted octanol–water partition coefficient (Wildman–Crippen LogP) is 2.03. The highest BCUT2D eigenvalue weighted by atomic mass is 35.5. The smallest absolute Gasteiger partial charge is 0.236 e. The van der Waals surface area contributed by atoms with E-state index in [0.29, 0.717) is 50.2 Å². The Bertz CT molecular complexity index is 725. The molecule has 26 heavy (non-hydrogen) atoms. The Balaban J connectivity index is 1.84. The van der Waals surface area contributed by atoms with Gasteiger partial charge in [-0.25, -0.2) is 8.42 Å². The van der Waals surface area contributed by atoms with E-state index in [-0.39, 0.29) is 5.91 Å². The van der Waals surface area contributed by atoms with E-state index in [1.165, 1.54) is 9.71 Å². The van der Waals surface area contributed by atoms with Crippen LogP contribution >= 0.6 is 11.6 Å². The van der Waals surface area contributed by atoms with Crippen molar-refractivity contribution >= 4 is 33.6 Å². The van der Waals surface area contributed by atoms with Gasteiger partial charge in [-0.05, 0) is 29.7 Å². The van der Waals surface area contributed by atoms with Crippen LogP contribution < -0.4 is 5.32 Å². The number of piperazine rings is 1. The maximum Gasteiger partial charge on any atom is 0.236 e. The van der Waals surface area contributed by atoms with Crippen molar-refractivity contribution in [3.63, 3.8) is 0 Å². The SMILES string of the molecule is CC(C)CNC(=O)CN1CCN(S(=O)(=O)/C=C/c2ccc(Cl)cc2)CC1. The summed E-state index contributed by atoms with van der Waals surface area (Å²) in [6.07, 6.45) is 1.57. The number of amides is 1. The molecule has 0 saturated carbocycles. The van der Waals surface area contributed by atoms with E-state index < -0.39 is 10.0 Å². The molecule has 0 aliphatic carbocycles. The van der Waals surface area contributed by atoms with Crippen molar-refractivity contribution in [2.45, 2.75) is 13.8 Å². The Morgan fingerprint density at radius 1 is 1.19 bits per heavy atom. The number of halogens is 1. The molecule has 0 bridgehead atoms. The van der Waals surface area contributed by atoms with Gasteiger partial charge in [-0.1, -0.05) is 37.6 Å². The number of hydrogen-bond acceptors (Lipinski definition) is 4. The summed E-state index contributed by atoms with van der Waals surface area (Å²) in [5.74, 6) is 0.394. The number of rotatable bonds is 7. The van der Waals surface area contributed by atoms with Gasteiger partial charge in [-0.3, -0.25) is 9.69 Å². The number of hydrogen-bond donors (Lipinski definition) is 1. The molecule has 1 fully saturated rings. The highest BCUT2D eigenvalue weighted by Crippen LogP contribution is 2.14. The van der Waals surface area contributed by atoms with Crippen LogP contribution in [0, 0.1) is 5.92 Å². The van der Waals surface area contributed by atoms with Crippen molar-refractivity contribution in [2.75, 3.05) is 39.3 Å². The standard InChI is InChI=1S/C18H26ClN3O3S/c1-15(2)13-20-18(23)14-21-8-10-22(11-9-21)26(24,25)12-7-16-3-5-17(19)6-4-16/h3-7,12,15H,8-11,13-14H2,1-2H3,(H,20,23)/b12-7+. The molecule has 1 aliphatic rings. The maximum absolute atomic E-state index is 12.4. The molecule has 1 saturated heterocycles. The van der Waals surface area contributed by atoms with Gasteiger partial charge in [0.1, 0.15) is 0 Å². The molecule has 6 nitrogen and oxygen atoms in total. The molecule has 144 valence electrons. The molecule has 8 heteroatoms. The number of nitrogens with one attached hydrogen (secondary N) is 1. The van der Waals surface area contributed by atoms with Gasteiger partial charge >= 0.3 is 0 Å². The Morgan fingerprint density at radius 2 is 1.81 bits per heavy atom. The Hall–Kier alpha value is -1.41. The fourth-order valence-electron chi connectivity index (χ4n) is 2.54. The maximum atomic E-state index is 12.4. The molecule has 2 rings (SSSR count). The van der Waals surface area contributed by atoms with Crippen LogP contribution in [0.15, 0.2) is 29.7 Å². The monoisotopic (exact) mass is 399 g/mol. The summed E-state index contributed by atoms with van der Waals surface area (Å²) >= 11 is 5.82. The molecule has 0 aromatic heterocycles. The average Bonchev–Trinajstić information content (AvgIpc) is 2.60. The van der Waals surface area contributed by atoms with Crippen LogP contribution in [-0.2, 0) is 14.8 Å². The summed E-state index contributed by atoms with van der Waals surface area (Å²) in [6, 6.07) is 6.97. The molecular formula is C18H26ClN3O3S. The Labute approximate surface area is 160 Å². The first-order chi connectivity index (χ1) is 12.3. The third kappa shape index (κ3) is 6.72. The van der Waals surface area contributed by atoms with Gasteiger partial charge in [0, 0.05) is 43.2 Å². The van der Waals surface area contributed by atoms with E-state index in [1.54, 1.807) is 30.3 Å².